The molecule has 7 aromatic carbocycles. The van der Waals surface area contributed by atoms with Gasteiger partial charge in [0.2, 0.25) is 0 Å². The molecule has 0 N–H and O–H groups in total. The molecule has 1 aliphatic carbocycles. The van der Waals surface area contributed by atoms with Crippen LogP contribution in [0.15, 0.2) is 138 Å². The minimum Gasteiger partial charge on any atom is -0.454 e. The predicted octanol–water partition coefficient (Wildman–Crippen LogP) is 12.0. The summed E-state index contributed by atoms with van der Waals surface area (Å²) >= 11 is 0. The van der Waals surface area contributed by atoms with Gasteiger partial charge in [-0.1, -0.05) is 105 Å². The highest BCUT2D eigenvalue weighted by atomic mass is 16.3. The molecule has 0 atom stereocenters. The van der Waals surface area contributed by atoms with Crippen LogP contribution >= 0.6 is 0 Å². The van der Waals surface area contributed by atoms with Crippen molar-refractivity contribution in [2.45, 2.75) is 26.2 Å². The Labute approximate surface area is 256 Å². The van der Waals surface area contributed by atoms with E-state index in [2.05, 4.69) is 153 Å². The van der Waals surface area contributed by atoms with E-state index in [4.69, 9.17) is 4.42 Å². The largest absolute Gasteiger partial charge is 0.454 e. The number of anilines is 3. The Balaban J connectivity index is 1.27. The maximum Gasteiger partial charge on any atom is 0.159 e. The minimum absolute atomic E-state index is 0.106. The van der Waals surface area contributed by atoms with E-state index in [0.29, 0.717) is 0 Å². The van der Waals surface area contributed by atoms with E-state index in [0.717, 1.165) is 39.0 Å². The summed E-state index contributed by atoms with van der Waals surface area (Å²) in [6.07, 6.45) is 0. The van der Waals surface area contributed by atoms with Gasteiger partial charge >= 0.3 is 0 Å². The van der Waals surface area contributed by atoms with Gasteiger partial charge in [-0.3, -0.25) is 0 Å². The van der Waals surface area contributed by atoms with Crippen LogP contribution in [0.3, 0.4) is 0 Å². The van der Waals surface area contributed by atoms with Crippen molar-refractivity contribution >= 4 is 60.5 Å². The van der Waals surface area contributed by atoms with Gasteiger partial charge in [0.05, 0.1) is 5.69 Å². The van der Waals surface area contributed by atoms with Gasteiger partial charge in [0.15, 0.2) is 5.58 Å². The van der Waals surface area contributed by atoms with Crippen molar-refractivity contribution in [3.63, 3.8) is 0 Å². The SMILES string of the molecule is Cc1ccccc1N(c1ccc2c3c(ccc2c1)-c1cc2ccccc2cc1C3(C)C)c1cccc2c1oc1ccccc12. The van der Waals surface area contributed by atoms with Crippen molar-refractivity contribution in [3.8, 4) is 11.1 Å². The van der Waals surface area contributed by atoms with E-state index in [1.54, 1.807) is 0 Å². The number of nitrogens with zero attached hydrogens (tertiary/aromatic N) is 1. The Hall–Kier alpha value is -5.34. The second-order valence-corrected chi connectivity index (χ2v) is 12.6. The van der Waals surface area contributed by atoms with Gasteiger partial charge in [-0.05, 0) is 98.8 Å². The lowest BCUT2D eigenvalue weighted by molar-refractivity contribution is 0.667. The standard InChI is InChI=1S/C42H31NO/c1-26-11-4-8-16-37(26)43(38-17-10-15-34-32-14-7-9-18-39(32)44-41(34)38)30-20-22-31-29(23-30)19-21-33-35-24-27-12-5-6-13-28(27)25-36(35)42(2,3)40(31)33/h4-25H,1-3H3. The average Bonchev–Trinajstić information content (AvgIpc) is 3.54. The molecule has 2 nitrogen and oxygen atoms in total. The Morgan fingerprint density at radius 2 is 1.27 bits per heavy atom. The molecule has 0 unspecified atom stereocenters. The summed E-state index contributed by atoms with van der Waals surface area (Å²) in [6.45, 7) is 6.93. The van der Waals surface area contributed by atoms with Crippen LogP contribution in [0.2, 0.25) is 0 Å². The van der Waals surface area contributed by atoms with Gasteiger partial charge in [-0.25, -0.2) is 0 Å². The summed E-state index contributed by atoms with van der Waals surface area (Å²) in [5, 5.41) is 7.40. The second-order valence-electron chi connectivity index (χ2n) is 12.6. The quantitative estimate of drug-likeness (QED) is 0.212. The maximum absolute atomic E-state index is 6.55. The van der Waals surface area contributed by atoms with Gasteiger partial charge in [0, 0.05) is 27.6 Å². The Kier molecular flexibility index (Phi) is 5.20. The average molecular weight is 566 g/mol. The molecule has 0 bridgehead atoms. The smallest absolute Gasteiger partial charge is 0.159 e. The van der Waals surface area contributed by atoms with E-state index in [-0.39, 0.29) is 5.41 Å². The normalized spacial score (nSPS) is 13.5. The van der Waals surface area contributed by atoms with Crippen molar-refractivity contribution in [1.82, 2.24) is 0 Å². The van der Waals surface area contributed by atoms with Crippen LogP contribution in [0.4, 0.5) is 17.1 Å². The number of aryl methyl sites for hydroxylation is 1. The molecule has 210 valence electrons. The first-order valence-corrected chi connectivity index (χ1v) is 15.4. The van der Waals surface area contributed by atoms with Crippen LogP contribution in [-0.4, -0.2) is 0 Å². The first-order chi connectivity index (χ1) is 21.5. The molecule has 44 heavy (non-hydrogen) atoms. The minimum atomic E-state index is -0.106. The molecule has 0 saturated heterocycles. The highest BCUT2D eigenvalue weighted by Crippen LogP contribution is 2.53. The highest BCUT2D eigenvalue weighted by molar-refractivity contribution is 6.11. The van der Waals surface area contributed by atoms with E-state index in [1.165, 1.54) is 49.4 Å². The molecular formula is C42H31NO. The third-order valence-corrected chi connectivity index (χ3v) is 9.72. The highest BCUT2D eigenvalue weighted by Gasteiger charge is 2.37. The van der Waals surface area contributed by atoms with Gasteiger partial charge in [0.25, 0.3) is 0 Å². The molecule has 8 aromatic rings. The fourth-order valence-corrected chi connectivity index (χ4v) is 7.60. The van der Waals surface area contributed by atoms with E-state index < -0.39 is 0 Å². The molecule has 0 spiro atoms. The molecule has 2 heteroatoms. The molecule has 0 saturated carbocycles. The van der Waals surface area contributed by atoms with Crippen molar-refractivity contribution in [2.24, 2.45) is 0 Å². The Morgan fingerprint density at radius 3 is 2.14 bits per heavy atom. The predicted molar refractivity (Wildman–Crippen MR) is 186 cm³/mol. The molecule has 0 fully saturated rings. The molecule has 0 amide bonds. The van der Waals surface area contributed by atoms with Crippen LogP contribution in [-0.2, 0) is 5.41 Å². The van der Waals surface area contributed by atoms with Crippen molar-refractivity contribution in [1.29, 1.82) is 0 Å². The Bertz CT molecular complexity index is 2440. The number of rotatable bonds is 3. The van der Waals surface area contributed by atoms with E-state index in [1.807, 2.05) is 6.07 Å². The van der Waals surface area contributed by atoms with E-state index >= 15 is 0 Å². The van der Waals surface area contributed by atoms with Crippen LogP contribution in [0, 0.1) is 6.92 Å². The summed E-state index contributed by atoms with van der Waals surface area (Å²) in [6, 6.07) is 48.5. The molecular weight excluding hydrogens is 534 g/mol. The molecule has 1 aromatic heterocycles. The third kappa shape index (κ3) is 3.48. The molecule has 1 heterocycles. The van der Waals surface area contributed by atoms with Crippen LogP contribution < -0.4 is 4.90 Å². The lowest BCUT2D eigenvalue weighted by Crippen LogP contribution is -2.16. The second kappa shape index (κ2) is 9.08. The van der Waals surface area contributed by atoms with E-state index in [9.17, 15) is 0 Å². The van der Waals surface area contributed by atoms with Crippen molar-refractivity contribution < 1.29 is 4.42 Å². The topological polar surface area (TPSA) is 16.4 Å². The first kappa shape index (κ1) is 25.2. The Morgan fingerprint density at radius 1 is 0.545 bits per heavy atom. The van der Waals surface area contributed by atoms with Gasteiger partial charge in [-0.2, -0.15) is 0 Å². The van der Waals surface area contributed by atoms with Crippen molar-refractivity contribution in [3.05, 3.63) is 150 Å². The fourth-order valence-electron chi connectivity index (χ4n) is 7.60. The monoisotopic (exact) mass is 565 g/mol. The number of benzene rings is 7. The summed E-state index contributed by atoms with van der Waals surface area (Å²) in [5.41, 5.74) is 11.7. The molecule has 0 radical (unpaired) electrons. The molecule has 0 aliphatic heterocycles. The number of hydrogen-bond donors (Lipinski definition) is 0. The zero-order valence-corrected chi connectivity index (χ0v) is 25.1. The van der Waals surface area contributed by atoms with Gasteiger partial charge < -0.3 is 9.32 Å². The van der Waals surface area contributed by atoms with Crippen molar-refractivity contribution in [2.75, 3.05) is 4.90 Å². The zero-order valence-electron chi connectivity index (χ0n) is 25.1. The zero-order chi connectivity index (χ0) is 29.6. The summed E-state index contributed by atoms with van der Waals surface area (Å²) in [5.74, 6) is 0. The third-order valence-electron chi connectivity index (χ3n) is 9.72. The number of hydrogen-bond acceptors (Lipinski definition) is 2. The lowest BCUT2D eigenvalue weighted by atomic mass is 9.80. The van der Waals surface area contributed by atoms with Gasteiger partial charge in [-0.15, -0.1) is 0 Å². The maximum atomic E-state index is 6.55. The number of para-hydroxylation sites is 3. The summed E-state index contributed by atoms with van der Waals surface area (Å²) < 4.78 is 6.55. The molecule has 9 rings (SSSR count). The lowest BCUT2D eigenvalue weighted by Gasteiger charge is -2.28. The summed E-state index contributed by atoms with van der Waals surface area (Å²) in [7, 11) is 0. The first-order valence-electron chi connectivity index (χ1n) is 15.4. The molecule has 1 aliphatic rings. The number of furan rings is 1. The van der Waals surface area contributed by atoms with Crippen LogP contribution in [0.25, 0.3) is 54.6 Å². The number of fused-ring (bicyclic) bond motifs is 9. The summed E-state index contributed by atoms with van der Waals surface area (Å²) in [4.78, 5) is 2.36. The van der Waals surface area contributed by atoms with Crippen LogP contribution in [0.5, 0.6) is 0 Å². The van der Waals surface area contributed by atoms with Gasteiger partial charge in [0.1, 0.15) is 5.58 Å². The van der Waals surface area contributed by atoms with Crippen LogP contribution in [0.1, 0.15) is 30.5 Å². The fraction of sp³-hybridized carbons (Fsp3) is 0.0952.